The van der Waals surface area contributed by atoms with Crippen molar-refractivity contribution in [3.05, 3.63) is 23.9 Å². The van der Waals surface area contributed by atoms with Crippen LogP contribution in [0.2, 0.25) is 0 Å². The summed E-state index contributed by atoms with van der Waals surface area (Å²) in [7, 11) is 2.03. The Balaban J connectivity index is 1.77. The number of fused-ring (bicyclic) bond motifs is 1. The van der Waals surface area contributed by atoms with Crippen LogP contribution in [0.3, 0.4) is 0 Å². The van der Waals surface area contributed by atoms with Crippen LogP contribution in [0.5, 0.6) is 0 Å². The Labute approximate surface area is 113 Å². The summed E-state index contributed by atoms with van der Waals surface area (Å²) in [5, 5.41) is 7.85. The molecule has 102 valence electrons. The smallest absolute Gasteiger partial charge is 0.245 e. The molecule has 3 rings (SSSR count). The van der Waals surface area contributed by atoms with E-state index in [4.69, 9.17) is 0 Å². The third kappa shape index (κ3) is 2.42. The second kappa shape index (κ2) is 5.17. The van der Waals surface area contributed by atoms with E-state index in [2.05, 4.69) is 33.3 Å². The van der Waals surface area contributed by atoms with E-state index in [0.29, 0.717) is 0 Å². The summed E-state index contributed by atoms with van der Waals surface area (Å²) < 4.78 is 1.88. The summed E-state index contributed by atoms with van der Waals surface area (Å²) in [5.41, 5.74) is 2.14. The normalized spacial score (nSPS) is 17.3. The highest BCUT2D eigenvalue weighted by atomic mass is 15.4. The quantitative estimate of drug-likeness (QED) is 0.907. The van der Waals surface area contributed by atoms with Gasteiger partial charge in [0.25, 0.3) is 0 Å². The number of anilines is 1. The van der Waals surface area contributed by atoms with Crippen LogP contribution < -0.4 is 10.2 Å². The van der Waals surface area contributed by atoms with Crippen LogP contribution in [0.25, 0.3) is 5.65 Å². The Morgan fingerprint density at radius 1 is 1.37 bits per heavy atom. The van der Waals surface area contributed by atoms with E-state index in [-0.39, 0.29) is 0 Å². The highest BCUT2D eigenvalue weighted by Crippen LogP contribution is 2.21. The van der Waals surface area contributed by atoms with Gasteiger partial charge < -0.3 is 10.2 Å². The number of hydrogen-bond acceptors (Lipinski definition) is 4. The highest BCUT2D eigenvalue weighted by molar-refractivity contribution is 5.50. The van der Waals surface area contributed by atoms with E-state index in [1.165, 1.54) is 18.4 Å². The molecule has 0 radical (unpaired) electrons. The fourth-order valence-corrected chi connectivity index (χ4v) is 2.79. The molecule has 1 aliphatic rings. The van der Waals surface area contributed by atoms with Crippen molar-refractivity contribution in [3.8, 4) is 0 Å². The van der Waals surface area contributed by atoms with Gasteiger partial charge in [0.05, 0.1) is 0 Å². The molecule has 0 saturated carbocycles. The molecule has 1 fully saturated rings. The maximum absolute atomic E-state index is 4.67. The van der Waals surface area contributed by atoms with Gasteiger partial charge in [-0.2, -0.15) is 4.98 Å². The molecule has 19 heavy (non-hydrogen) atoms. The van der Waals surface area contributed by atoms with E-state index in [1.54, 1.807) is 0 Å². The summed E-state index contributed by atoms with van der Waals surface area (Å²) in [4.78, 5) is 6.97. The Bertz CT molecular complexity index is 554. The topological polar surface area (TPSA) is 45.5 Å². The molecule has 2 aromatic rings. The molecule has 0 unspecified atom stereocenters. The fourth-order valence-electron chi connectivity index (χ4n) is 2.79. The molecule has 2 aromatic heterocycles. The molecule has 1 saturated heterocycles. The van der Waals surface area contributed by atoms with Crippen molar-refractivity contribution < 1.29 is 0 Å². The number of aromatic nitrogens is 3. The third-order valence-electron chi connectivity index (χ3n) is 3.94. The first-order chi connectivity index (χ1) is 9.28. The largest absolute Gasteiger partial charge is 0.339 e. The minimum Gasteiger partial charge on any atom is -0.339 e. The Morgan fingerprint density at radius 2 is 2.16 bits per heavy atom. The first-order valence-electron chi connectivity index (χ1n) is 6.99. The van der Waals surface area contributed by atoms with Crippen LogP contribution in [0, 0.1) is 12.8 Å². The first-order valence-corrected chi connectivity index (χ1v) is 6.99. The minimum atomic E-state index is 0.792. The van der Waals surface area contributed by atoms with Crippen LogP contribution in [0.4, 0.5) is 5.95 Å². The summed E-state index contributed by atoms with van der Waals surface area (Å²) in [6, 6.07) is 4.09. The van der Waals surface area contributed by atoms with Gasteiger partial charge in [-0.3, -0.25) is 0 Å². The predicted molar refractivity (Wildman–Crippen MR) is 76.6 cm³/mol. The van der Waals surface area contributed by atoms with E-state index in [1.807, 2.05) is 23.8 Å². The lowest BCUT2D eigenvalue weighted by Crippen LogP contribution is -2.37. The standard InChI is InChI=1S/C14H21N5/c1-11-4-3-7-19-13(11)16-14(17-19)18-8-5-12(6-9-18)10-15-2/h3-4,7,12,15H,5-6,8-10H2,1-2H3. The number of rotatable bonds is 3. The van der Waals surface area contributed by atoms with Crippen molar-refractivity contribution in [1.82, 2.24) is 19.9 Å². The molecule has 0 amide bonds. The lowest BCUT2D eigenvalue weighted by atomic mass is 9.97. The molecule has 0 spiro atoms. The average molecular weight is 259 g/mol. The van der Waals surface area contributed by atoms with Crippen LogP contribution >= 0.6 is 0 Å². The molecule has 0 bridgehead atoms. The van der Waals surface area contributed by atoms with Gasteiger partial charge in [-0.25, -0.2) is 4.52 Å². The molecule has 0 atom stereocenters. The van der Waals surface area contributed by atoms with Crippen molar-refractivity contribution in [3.63, 3.8) is 0 Å². The molecular weight excluding hydrogens is 238 g/mol. The van der Waals surface area contributed by atoms with Crippen LogP contribution in [0.1, 0.15) is 18.4 Å². The zero-order valence-electron chi connectivity index (χ0n) is 11.6. The molecule has 3 heterocycles. The maximum atomic E-state index is 4.67. The molecule has 1 N–H and O–H groups in total. The van der Waals surface area contributed by atoms with Crippen molar-refractivity contribution in [2.24, 2.45) is 5.92 Å². The van der Waals surface area contributed by atoms with Crippen LogP contribution in [0.15, 0.2) is 18.3 Å². The van der Waals surface area contributed by atoms with E-state index in [0.717, 1.165) is 37.1 Å². The van der Waals surface area contributed by atoms with Crippen molar-refractivity contribution in [1.29, 1.82) is 0 Å². The molecule has 0 aromatic carbocycles. The van der Waals surface area contributed by atoms with Gasteiger partial charge in [-0.1, -0.05) is 6.07 Å². The van der Waals surface area contributed by atoms with E-state index in [9.17, 15) is 0 Å². The van der Waals surface area contributed by atoms with Gasteiger partial charge in [0, 0.05) is 19.3 Å². The monoisotopic (exact) mass is 259 g/mol. The van der Waals surface area contributed by atoms with Crippen molar-refractivity contribution in [2.45, 2.75) is 19.8 Å². The lowest BCUT2D eigenvalue weighted by Gasteiger charge is -2.30. The van der Waals surface area contributed by atoms with Gasteiger partial charge in [0.2, 0.25) is 5.95 Å². The lowest BCUT2D eigenvalue weighted by molar-refractivity contribution is 0.391. The average Bonchev–Trinajstić information content (AvgIpc) is 2.85. The number of piperidine rings is 1. The Kier molecular flexibility index (Phi) is 3.38. The number of nitrogens with one attached hydrogen (secondary N) is 1. The summed E-state index contributed by atoms with van der Waals surface area (Å²) in [6.45, 7) is 5.31. The third-order valence-corrected chi connectivity index (χ3v) is 3.94. The van der Waals surface area contributed by atoms with E-state index >= 15 is 0 Å². The molecule has 0 aliphatic carbocycles. The first kappa shape index (κ1) is 12.4. The zero-order chi connectivity index (χ0) is 13.2. The molecule has 5 heteroatoms. The zero-order valence-corrected chi connectivity index (χ0v) is 11.6. The van der Waals surface area contributed by atoms with Gasteiger partial charge >= 0.3 is 0 Å². The number of aryl methyl sites for hydroxylation is 1. The fraction of sp³-hybridized carbons (Fsp3) is 0.571. The Hall–Kier alpha value is -1.62. The SMILES string of the molecule is CNCC1CCN(c2nc3c(C)cccn3n2)CC1. The van der Waals surface area contributed by atoms with Gasteiger partial charge in [-0.15, -0.1) is 5.10 Å². The second-order valence-electron chi connectivity index (χ2n) is 5.36. The van der Waals surface area contributed by atoms with Crippen molar-refractivity contribution >= 4 is 11.6 Å². The second-order valence-corrected chi connectivity index (χ2v) is 5.36. The summed E-state index contributed by atoms with van der Waals surface area (Å²) in [6.07, 6.45) is 4.40. The maximum Gasteiger partial charge on any atom is 0.245 e. The number of pyridine rings is 1. The summed E-state index contributed by atoms with van der Waals surface area (Å²) in [5.74, 6) is 1.66. The number of nitrogens with zero attached hydrogens (tertiary/aromatic N) is 4. The van der Waals surface area contributed by atoms with E-state index < -0.39 is 0 Å². The van der Waals surface area contributed by atoms with Crippen molar-refractivity contribution in [2.75, 3.05) is 31.6 Å². The van der Waals surface area contributed by atoms with Crippen LogP contribution in [-0.4, -0.2) is 41.3 Å². The van der Waals surface area contributed by atoms with Gasteiger partial charge in [-0.05, 0) is 50.9 Å². The predicted octanol–water partition coefficient (Wildman–Crippen LogP) is 1.47. The Morgan fingerprint density at radius 3 is 2.84 bits per heavy atom. The number of hydrogen-bond donors (Lipinski definition) is 1. The molecule has 1 aliphatic heterocycles. The minimum absolute atomic E-state index is 0.792. The van der Waals surface area contributed by atoms with Crippen LogP contribution in [-0.2, 0) is 0 Å². The summed E-state index contributed by atoms with van der Waals surface area (Å²) >= 11 is 0. The van der Waals surface area contributed by atoms with Gasteiger partial charge in [0.15, 0.2) is 5.65 Å². The van der Waals surface area contributed by atoms with Gasteiger partial charge in [0.1, 0.15) is 0 Å². The highest BCUT2D eigenvalue weighted by Gasteiger charge is 2.21. The molecular formula is C14H21N5. The molecule has 5 nitrogen and oxygen atoms in total.